The molecule has 0 heterocycles. The van der Waals surface area contributed by atoms with Crippen LogP contribution < -0.4 is 10.2 Å². The summed E-state index contributed by atoms with van der Waals surface area (Å²) in [6.45, 7) is -0.243. The van der Waals surface area contributed by atoms with E-state index in [4.69, 9.17) is 4.74 Å². The molecular weight excluding hydrogens is 334 g/mol. The number of hydrogen-bond donors (Lipinski definition) is 1. The first-order valence-corrected chi connectivity index (χ1v) is 7.80. The molecule has 0 aliphatic carbocycles. The molecule has 3 rings (SSSR count). The third-order valence-electron chi connectivity index (χ3n) is 3.59. The molecule has 1 amide bonds. The molecule has 26 heavy (non-hydrogen) atoms. The number of nitrogens with zero attached hydrogens (tertiary/aromatic N) is 2. The molecule has 0 aromatic heterocycles. The second kappa shape index (κ2) is 7.89. The molecule has 0 radical (unpaired) electrons. The molecule has 7 heteroatoms. The van der Waals surface area contributed by atoms with Crippen molar-refractivity contribution in [2.24, 2.45) is 5.10 Å². The van der Waals surface area contributed by atoms with Crippen molar-refractivity contribution in [1.82, 2.24) is 5.43 Å². The molecule has 0 saturated heterocycles. The van der Waals surface area contributed by atoms with Crippen LogP contribution in [0.25, 0.3) is 10.8 Å². The Hall–Kier alpha value is -3.74. The summed E-state index contributed by atoms with van der Waals surface area (Å²) < 4.78 is 5.25. The van der Waals surface area contributed by atoms with Crippen molar-refractivity contribution in [3.63, 3.8) is 0 Å². The van der Waals surface area contributed by atoms with Gasteiger partial charge in [0.1, 0.15) is 5.75 Å². The third-order valence-corrected chi connectivity index (χ3v) is 3.59. The molecule has 3 aromatic carbocycles. The summed E-state index contributed by atoms with van der Waals surface area (Å²) in [6.07, 6.45) is 1.55. The normalized spacial score (nSPS) is 10.8. The lowest BCUT2D eigenvalue weighted by Crippen LogP contribution is -2.24. The summed E-state index contributed by atoms with van der Waals surface area (Å²) in [6, 6.07) is 19.3. The van der Waals surface area contributed by atoms with Crippen LogP contribution in [0.2, 0.25) is 0 Å². The topological polar surface area (TPSA) is 93.8 Å². The predicted octanol–water partition coefficient (Wildman–Crippen LogP) is 3.28. The summed E-state index contributed by atoms with van der Waals surface area (Å²) >= 11 is 0. The van der Waals surface area contributed by atoms with Crippen LogP contribution in [-0.4, -0.2) is 23.7 Å². The number of hydrogen-bond acceptors (Lipinski definition) is 5. The summed E-state index contributed by atoms with van der Waals surface area (Å²) in [4.78, 5) is 21.8. The van der Waals surface area contributed by atoms with Crippen LogP contribution >= 0.6 is 0 Å². The fourth-order valence-corrected chi connectivity index (χ4v) is 2.31. The zero-order valence-electron chi connectivity index (χ0n) is 13.7. The Morgan fingerprint density at radius 2 is 1.81 bits per heavy atom. The average Bonchev–Trinajstić information content (AvgIpc) is 2.66. The van der Waals surface area contributed by atoms with Gasteiger partial charge in [-0.05, 0) is 34.5 Å². The fraction of sp³-hybridized carbons (Fsp3) is 0.0526. The number of hydrazone groups is 1. The number of carbonyl (C=O) groups is 1. The van der Waals surface area contributed by atoms with Gasteiger partial charge in [-0.25, -0.2) is 5.43 Å². The fourth-order valence-electron chi connectivity index (χ4n) is 2.31. The number of carbonyl (C=O) groups excluding carboxylic acids is 1. The van der Waals surface area contributed by atoms with Crippen LogP contribution in [0.3, 0.4) is 0 Å². The number of nitro benzene ring substituents is 1. The summed E-state index contributed by atoms with van der Waals surface area (Å²) in [5, 5.41) is 16.7. The minimum atomic E-state index is -0.502. The number of nitrogens with one attached hydrogen (secondary N) is 1. The van der Waals surface area contributed by atoms with Gasteiger partial charge in [0.25, 0.3) is 11.6 Å². The van der Waals surface area contributed by atoms with Crippen molar-refractivity contribution in [1.29, 1.82) is 0 Å². The van der Waals surface area contributed by atoms with E-state index in [1.165, 1.54) is 24.3 Å². The zero-order chi connectivity index (χ0) is 18.4. The highest BCUT2D eigenvalue weighted by molar-refractivity contribution is 5.90. The lowest BCUT2D eigenvalue weighted by atomic mass is 10.1. The van der Waals surface area contributed by atoms with Crippen LogP contribution in [0.5, 0.6) is 5.75 Å². The SMILES string of the molecule is O=C(COc1ccc([N+](=O)[O-])cc1)NN=Cc1ccc2ccccc2c1. The maximum absolute atomic E-state index is 11.7. The highest BCUT2D eigenvalue weighted by Gasteiger charge is 2.06. The maximum Gasteiger partial charge on any atom is 0.277 e. The average molecular weight is 349 g/mol. The molecule has 0 atom stereocenters. The van der Waals surface area contributed by atoms with E-state index in [2.05, 4.69) is 10.5 Å². The van der Waals surface area contributed by atoms with Gasteiger partial charge < -0.3 is 4.74 Å². The third kappa shape index (κ3) is 4.41. The number of benzene rings is 3. The first-order valence-electron chi connectivity index (χ1n) is 7.80. The van der Waals surface area contributed by atoms with Crippen molar-refractivity contribution in [2.45, 2.75) is 0 Å². The Kier molecular flexibility index (Phi) is 5.19. The minimum absolute atomic E-state index is 0.0400. The number of fused-ring (bicyclic) bond motifs is 1. The summed E-state index contributed by atoms with van der Waals surface area (Å²) in [5.74, 6) is -0.0651. The number of nitro groups is 1. The van der Waals surface area contributed by atoms with Crippen LogP contribution in [0.4, 0.5) is 5.69 Å². The van der Waals surface area contributed by atoms with E-state index in [0.29, 0.717) is 5.75 Å². The zero-order valence-corrected chi connectivity index (χ0v) is 13.7. The number of amides is 1. The number of ether oxygens (including phenoxy) is 1. The molecule has 3 aromatic rings. The van der Waals surface area contributed by atoms with Gasteiger partial charge >= 0.3 is 0 Å². The molecule has 0 spiro atoms. The number of rotatable bonds is 6. The molecule has 0 bridgehead atoms. The molecule has 7 nitrogen and oxygen atoms in total. The second-order valence-corrected chi connectivity index (χ2v) is 5.44. The molecular formula is C19H15N3O4. The largest absolute Gasteiger partial charge is 0.484 e. The maximum atomic E-state index is 11.7. The van der Waals surface area contributed by atoms with E-state index in [9.17, 15) is 14.9 Å². The molecule has 0 fully saturated rings. The van der Waals surface area contributed by atoms with Gasteiger partial charge in [0, 0.05) is 12.1 Å². The highest BCUT2D eigenvalue weighted by atomic mass is 16.6. The van der Waals surface area contributed by atoms with E-state index in [1.807, 2.05) is 42.5 Å². The molecule has 0 saturated carbocycles. The van der Waals surface area contributed by atoms with Gasteiger partial charge in [0.05, 0.1) is 11.1 Å². The van der Waals surface area contributed by atoms with Gasteiger partial charge in [-0.1, -0.05) is 36.4 Å². The highest BCUT2D eigenvalue weighted by Crippen LogP contribution is 2.17. The summed E-state index contributed by atoms with van der Waals surface area (Å²) in [5.41, 5.74) is 3.20. The van der Waals surface area contributed by atoms with Crippen molar-refractivity contribution in [3.8, 4) is 5.75 Å². The molecule has 0 unspecified atom stereocenters. The van der Waals surface area contributed by atoms with E-state index in [-0.39, 0.29) is 12.3 Å². The van der Waals surface area contributed by atoms with Gasteiger partial charge in [0.15, 0.2) is 6.61 Å². The standard InChI is InChI=1S/C19H15N3O4/c23-19(13-26-18-9-7-17(8-10-18)22(24)25)21-20-12-14-5-6-15-3-1-2-4-16(15)11-14/h1-12H,13H2,(H,21,23). The van der Waals surface area contributed by atoms with E-state index in [1.54, 1.807) is 6.21 Å². The molecule has 0 aliphatic rings. The predicted molar refractivity (Wildman–Crippen MR) is 98.3 cm³/mol. The quantitative estimate of drug-likeness (QED) is 0.420. The Morgan fingerprint density at radius 1 is 1.08 bits per heavy atom. The molecule has 130 valence electrons. The van der Waals surface area contributed by atoms with Crippen LogP contribution in [0.1, 0.15) is 5.56 Å². The van der Waals surface area contributed by atoms with Gasteiger partial charge in [0.2, 0.25) is 0 Å². The Balaban J connectivity index is 1.51. The lowest BCUT2D eigenvalue weighted by Gasteiger charge is -2.04. The Labute approximate surface area is 149 Å². The molecule has 1 N–H and O–H groups in total. The van der Waals surface area contributed by atoms with Crippen LogP contribution in [0, 0.1) is 10.1 Å². The first kappa shape index (κ1) is 17.1. The Morgan fingerprint density at radius 3 is 2.54 bits per heavy atom. The Bertz CT molecular complexity index is 968. The van der Waals surface area contributed by atoms with Crippen molar-refractivity contribution in [3.05, 3.63) is 82.4 Å². The lowest BCUT2D eigenvalue weighted by molar-refractivity contribution is -0.384. The number of non-ortho nitro benzene ring substituents is 1. The second-order valence-electron chi connectivity index (χ2n) is 5.44. The van der Waals surface area contributed by atoms with Gasteiger partial charge in [-0.2, -0.15) is 5.10 Å². The van der Waals surface area contributed by atoms with Gasteiger partial charge in [-0.15, -0.1) is 0 Å². The van der Waals surface area contributed by atoms with E-state index in [0.717, 1.165) is 16.3 Å². The summed E-state index contributed by atoms with van der Waals surface area (Å²) in [7, 11) is 0. The monoisotopic (exact) mass is 349 g/mol. The van der Waals surface area contributed by atoms with Crippen molar-refractivity contribution in [2.75, 3.05) is 6.61 Å². The van der Waals surface area contributed by atoms with Crippen LogP contribution in [0.15, 0.2) is 71.8 Å². The van der Waals surface area contributed by atoms with Crippen molar-refractivity contribution >= 4 is 28.6 Å². The van der Waals surface area contributed by atoms with Crippen molar-refractivity contribution < 1.29 is 14.5 Å². The van der Waals surface area contributed by atoms with E-state index < -0.39 is 10.8 Å². The van der Waals surface area contributed by atoms with E-state index >= 15 is 0 Å². The smallest absolute Gasteiger partial charge is 0.277 e. The molecule has 0 aliphatic heterocycles. The first-order chi connectivity index (χ1) is 12.6. The van der Waals surface area contributed by atoms with Crippen LogP contribution in [-0.2, 0) is 4.79 Å². The van der Waals surface area contributed by atoms with Gasteiger partial charge in [-0.3, -0.25) is 14.9 Å². The minimum Gasteiger partial charge on any atom is -0.484 e.